The Labute approximate surface area is 150 Å². The van der Waals surface area contributed by atoms with Gasteiger partial charge in [-0.25, -0.2) is 4.68 Å². The maximum Gasteiger partial charge on any atom is 0.272 e. The number of amides is 1. The molecule has 2 aromatic rings. The summed E-state index contributed by atoms with van der Waals surface area (Å²) < 4.78 is 1.12. The second-order valence-electron chi connectivity index (χ2n) is 6.30. The predicted octanol–water partition coefficient (Wildman–Crippen LogP) is -0.438. The van der Waals surface area contributed by atoms with Crippen LogP contribution in [-0.2, 0) is 13.6 Å². The third-order valence-electron chi connectivity index (χ3n) is 4.05. The minimum Gasteiger partial charge on any atom is -0.347 e. The first kappa shape index (κ1) is 17.8. The van der Waals surface area contributed by atoms with E-state index in [-0.39, 0.29) is 17.8 Å². The molecule has 138 valence electrons. The van der Waals surface area contributed by atoms with E-state index in [0.717, 1.165) is 30.6 Å². The Bertz CT molecular complexity index is 858. The van der Waals surface area contributed by atoms with Crippen molar-refractivity contribution in [3.63, 3.8) is 0 Å². The number of hydrogen-bond acceptors (Lipinski definition) is 8. The van der Waals surface area contributed by atoms with Gasteiger partial charge in [0.05, 0.1) is 6.54 Å². The molecule has 2 aromatic heterocycles. The van der Waals surface area contributed by atoms with Crippen LogP contribution < -0.4 is 20.7 Å². The largest absolute Gasteiger partial charge is 0.347 e. The first-order chi connectivity index (χ1) is 12.4. The van der Waals surface area contributed by atoms with Crippen LogP contribution in [0.5, 0.6) is 0 Å². The van der Waals surface area contributed by atoms with E-state index in [4.69, 9.17) is 0 Å². The van der Waals surface area contributed by atoms with Crippen LogP contribution in [0.1, 0.15) is 29.2 Å². The van der Waals surface area contributed by atoms with Crippen molar-refractivity contribution in [1.29, 1.82) is 0 Å². The van der Waals surface area contributed by atoms with Gasteiger partial charge in [0, 0.05) is 40.3 Å². The molecule has 0 aromatic carbocycles. The van der Waals surface area contributed by atoms with Crippen LogP contribution in [0.25, 0.3) is 0 Å². The molecular formula is C16H22N8O2. The first-order valence-corrected chi connectivity index (χ1v) is 8.44. The highest BCUT2D eigenvalue weighted by Crippen LogP contribution is 2.17. The normalized spacial score (nSPS) is 13.7. The van der Waals surface area contributed by atoms with Gasteiger partial charge in [-0.15, -0.1) is 0 Å². The molecule has 26 heavy (non-hydrogen) atoms. The minimum absolute atomic E-state index is 0.146. The summed E-state index contributed by atoms with van der Waals surface area (Å²) in [6.07, 6.45) is 2.24. The summed E-state index contributed by atoms with van der Waals surface area (Å²) in [7, 11) is 5.22. The molecule has 0 atom stereocenters. The SMILES string of the molecule is CN(C)c1nc(CNC(=O)c2ccc(=O)n(C)n2)nc(N2CCCC2)n1. The standard InChI is InChI=1S/C16H22N8O2/c1-22(2)15-18-12(19-16(20-15)24-8-4-5-9-24)10-17-14(26)11-6-7-13(25)23(3)21-11/h6-7H,4-5,8-10H2,1-3H3,(H,17,26). The molecule has 10 nitrogen and oxygen atoms in total. The molecule has 3 rings (SSSR count). The smallest absolute Gasteiger partial charge is 0.272 e. The Balaban J connectivity index is 1.76. The minimum atomic E-state index is -0.393. The highest BCUT2D eigenvalue weighted by Gasteiger charge is 2.18. The molecule has 0 bridgehead atoms. The summed E-state index contributed by atoms with van der Waals surface area (Å²) in [6.45, 7) is 1.99. The fourth-order valence-electron chi connectivity index (χ4n) is 2.61. The van der Waals surface area contributed by atoms with Crippen molar-refractivity contribution < 1.29 is 4.79 Å². The number of aryl methyl sites for hydroxylation is 1. The maximum atomic E-state index is 12.3. The molecule has 0 spiro atoms. The average Bonchev–Trinajstić information content (AvgIpc) is 3.16. The van der Waals surface area contributed by atoms with Gasteiger partial charge in [0.1, 0.15) is 5.69 Å². The Hall–Kier alpha value is -3.04. The van der Waals surface area contributed by atoms with Crippen LogP contribution in [0.3, 0.4) is 0 Å². The van der Waals surface area contributed by atoms with Gasteiger partial charge in [-0.3, -0.25) is 9.59 Å². The van der Waals surface area contributed by atoms with Crippen LogP contribution in [0.2, 0.25) is 0 Å². The zero-order valence-electron chi connectivity index (χ0n) is 15.1. The lowest BCUT2D eigenvalue weighted by Gasteiger charge is -2.18. The van der Waals surface area contributed by atoms with Gasteiger partial charge in [0.15, 0.2) is 5.82 Å². The number of nitrogens with one attached hydrogen (secondary N) is 1. The summed E-state index contributed by atoms with van der Waals surface area (Å²) in [4.78, 5) is 40.9. The molecule has 1 amide bonds. The lowest BCUT2D eigenvalue weighted by molar-refractivity contribution is 0.0942. The summed E-state index contributed by atoms with van der Waals surface area (Å²) >= 11 is 0. The van der Waals surface area contributed by atoms with Gasteiger partial charge < -0.3 is 15.1 Å². The third-order valence-corrected chi connectivity index (χ3v) is 4.05. The van der Waals surface area contributed by atoms with Crippen molar-refractivity contribution in [1.82, 2.24) is 30.0 Å². The number of anilines is 2. The molecule has 1 aliphatic rings. The van der Waals surface area contributed by atoms with Crippen molar-refractivity contribution in [3.8, 4) is 0 Å². The Morgan fingerprint density at radius 1 is 1.19 bits per heavy atom. The number of hydrogen-bond donors (Lipinski definition) is 1. The van der Waals surface area contributed by atoms with Crippen molar-refractivity contribution in [3.05, 3.63) is 34.0 Å². The van der Waals surface area contributed by atoms with Crippen molar-refractivity contribution in [2.24, 2.45) is 7.05 Å². The van der Waals surface area contributed by atoms with Crippen LogP contribution in [0, 0.1) is 0 Å². The van der Waals surface area contributed by atoms with E-state index < -0.39 is 5.91 Å². The van der Waals surface area contributed by atoms with E-state index in [2.05, 4.69) is 30.3 Å². The van der Waals surface area contributed by atoms with E-state index in [1.165, 1.54) is 19.2 Å². The number of rotatable bonds is 5. The molecule has 0 aliphatic carbocycles. The molecule has 1 N–H and O–H groups in total. The fourth-order valence-corrected chi connectivity index (χ4v) is 2.61. The second-order valence-corrected chi connectivity index (χ2v) is 6.30. The molecular weight excluding hydrogens is 336 g/mol. The molecule has 0 radical (unpaired) electrons. The van der Waals surface area contributed by atoms with Gasteiger partial charge in [0.25, 0.3) is 11.5 Å². The van der Waals surface area contributed by atoms with Crippen molar-refractivity contribution in [2.75, 3.05) is 37.0 Å². The van der Waals surface area contributed by atoms with Crippen molar-refractivity contribution >= 4 is 17.8 Å². The molecule has 1 aliphatic heterocycles. The van der Waals surface area contributed by atoms with Gasteiger partial charge in [-0.2, -0.15) is 20.1 Å². The number of nitrogens with zero attached hydrogens (tertiary/aromatic N) is 7. The van der Waals surface area contributed by atoms with Crippen LogP contribution in [0.4, 0.5) is 11.9 Å². The lowest BCUT2D eigenvalue weighted by Crippen LogP contribution is -2.30. The van der Waals surface area contributed by atoms with Gasteiger partial charge in [0.2, 0.25) is 11.9 Å². The Morgan fingerprint density at radius 2 is 1.92 bits per heavy atom. The first-order valence-electron chi connectivity index (χ1n) is 8.44. The lowest BCUT2D eigenvalue weighted by atomic mass is 10.3. The second kappa shape index (κ2) is 7.46. The molecule has 0 unspecified atom stereocenters. The summed E-state index contributed by atoms with van der Waals surface area (Å²) in [5.41, 5.74) is -0.112. The zero-order chi connectivity index (χ0) is 18.7. The fraction of sp³-hybridized carbons (Fsp3) is 0.500. The Morgan fingerprint density at radius 3 is 2.58 bits per heavy atom. The van der Waals surface area contributed by atoms with E-state index in [1.807, 2.05) is 14.1 Å². The summed E-state index contributed by atoms with van der Waals surface area (Å²) in [5.74, 6) is 1.26. The highest BCUT2D eigenvalue weighted by molar-refractivity contribution is 5.91. The van der Waals surface area contributed by atoms with Gasteiger partial charge in [-0.05, 0) is 18.9 Å². The molecule has 1 fully saturated rings. The highest BCUT2D eigenvalue weighted by atomic mass is 16.2. The van der Waals surface area contributed by atoms with E-state index >= 15 is 0 Å². The predicted molar refractivity (Wildman–Crippen MR) is 96.2 cm³/mol. The summed E-state index contributed by atoms with van der Waals surface area (Å²) in [5, 5.41) is 6.67. The van der Waals surface area contributed by atoms with Crippen LogP contribution >= 0.6 is 0 Å². The van der Waals surface area contributed by atoms with E-state index in [1.54, 1.807) is 4.90 Å². The topological polar surface area (TPSA) is 109 Å². The van der Waals surface area contributed by atoms with Crippen molar-refractivity contribution in [2.45, 2.75) is 19.4 Å². The maximum absolute atomic E-state index is 12.3. The molecule has 10 heteroatoms. The van der Waals surface area contributed by atoms with E-state index in [0.29, 0.717) is 17.7 Å². The van der Waals surface area contributed by atoms with Crippen LogP contribution in [0.15, 0.2) is 16.9 Å². The zero-order valence-corrected chi connectivity index (χ0v) is 15.1. The molecule has 0 saturated carbocycles. The number of aromatic nitrogens is 5. The van der Waals surface area contributed by atoms with E-state index in [9.17, 15) is 9.59 Å². The number of carbonyl (C=O) groups is 1. The quantitative estimate of drug-likeness (QED) is 0.766. The van der Waals surface area contributed by atoms with Gasteiger partial charge in [-0.1, -0.05) is 0 Å². The Kier molecular flexibility index (Phi) is 5.10. The monoisotopic (exact) mass is 358 g/mol. The third kappa shape index (κ3) is 3.95. The molecule has 1 saturated heterocycles. The number of carbonyl (C=O) groups excluding carboxylic acids is 1. The average molecular weight is 358 g/mol. The van der Waals surface area contributed by atoms with Gasteiger partial charge >= 0.3 is 0 Å². The van der Waals surface area contributed by atoms with Crippen LogP contribution in [-0.4, -0.2) is 57.8 Å². The molecule has 3 heterocycles. The summed E-state index contributed by atoms with van der Waals surface area (Å²) in [6, 6.07) is 2.70.